The van der Waals surface area contributed by atoms with Crippen LogP contribution in [0.4, 0.5) is 0 Å². The average molecular weight is 231 g/mol. The maximum Gasteiger partial charge on any atom is 0.188 e. The van der Waals surface area contributed by atoms with Crippen LogP contribution < -0.4 is 0 Å². The van der Waals surface area contributed by atoms with E-state index < -0.39 is 0 Å². The van der Waals surface area contributed by atoms with Crippen molar-refractivity contribution < 1.29 is 4.42 Å². The number of nitrogens with zero attached hydrogens (tertiary/aromatic N) is 4. The molecule has 0 spiro atoms. The first kappa shape index (κ1) is 10.2. The van der Waals surface area contributed by atoms with Gasteiger partial charge in [-0.05, 0) is 18.6 Å². The summed E-state index contributed by atoms with van der Waals surface area (Å²) in [6, 6.07) is 3.90. The zero-order valence-electron chi connectivity index (χ0n) is 9.33. The highest BCUT2D eigenvalue weighted by Gasteiger charge is 2.16. The van der Waals surface area contributed by atoms with Gasteiger partial charge in [-0.15, -0.1) is 10.2 Å². The maximum absolute atomic E-state index is 5.41. The smallest absolute Gasteiger partial charge is 0.188 e. The van der Waals surface area contributed by atoms with Crippen molar-refractivity contribution in [2.24, 2.45) is 0 Å². The van der Waals surface area contributed by atoms with E-state index in [2.05, 4.69) is 31.6 Å². The standard InChI is InChI=1S/C11H13N5O/c1-3-9(10-4-2-6-17-10)7-16(5-1)8-11-12-14-15-13-11/h2-4,6H,1,5,7-8H2,(H,12,13,14,15). The van der Waals surface area contributed by atoms with E-state index in [0.29, 0.717) is 6.54 Å². The minimum absolute atomic E-state index is 0.717. The molecule has 1 aliphatic heterocycles. The summed E-state index contributed by atoms with van der Waals surface area (Å²) in [6.07, 6.45) is 4.95. The van der Waals surface area contributed by atoms with Gasteiger partial charge in [0.1, 0.15) is 5.76 Å². The van der Waals surface area contributed by atoms with Crippen molar-refractivity contribution in [2.75, 3.05) is 13.1 Å². The zero-order valence-corrected chi connectivity index (χ0v) is 9.33. The number of rotatable bonds is 3. The number of H-pyrrole nitrogens is 1. The van der Waals surface area contributed by atoms with Crippen molar-refractivity contribution in [1.82, 2.24) is 25.5 Å². The van der Waals surface area contributed by atoms with Crippen LogP contribution >= 0.6 is 0 Å². The average Bonchev–Trinajstić information content (AvgIpc) is 3.01. The van der Waals surface area contributed by atoms with Crippen LogP contribution in [0.2, 0.25) is 0 Å². The van der Waals surface area contributed by atoms with Crippen LogP contribution in [0, 0.1) is 0 Å². The van der Waals surface area contributed by atoms with E-state index in [9.17, 15) is 0 Å². The Kier molecular flexibility index (Phi) is 2.71. The van der Waals surface area contributed by atoms with Gasteiger partial charge in [-0.1, -0.05) is 11.3 Å². The van der Waals surface area contributed by atoms with Crippen LogP contribution in [-0.2, 0) is 6.54 Å². The van der Waals surface area contributed by atoms with Gasteiger partial charge in [0.15, 0.2) is 5.82 Å². The highest BCUT2D eigenvalue weighted by Crippen LogP contribution is 2.21. The largest absolute Gasteiger partial charge is 0.465 e. The summed E-state index contributed by atoms with van der Waals surface area (Å²) in [5.74, 6) is 1.67. The van der Waals surface area contributed by atoms with Gasteiger partial charge >= 0.3 is 0 Å². The van der Waals surface area contributed by atoms with Crippen LogP contribution in [0.5, 0.6) is 0 Å². The molecule has 0 aromatic carbocycles. The van der Waals surface area contributed by atoms with Crippen LogP contribution in [0.1, 0.15) is 18.0 Å². The fourth-order valence-electron chi connectivity index (χ4n) is 2.03. The Morgan fingerprint density at radius 2 is 2.47 bits per heavy atom. The van der Waals surface area contributed by atoms with Crippen LogP contribution in [0.15, 0.2) is 28.9 Å². The number of aromatic amines is 1. The number of hydrogen-bond donors (Lipinski definition) is 1. The highest BCUT2D eigenvalue weighted by atomic mass is 16.3. The lowest BCUT2D eigenvalue weighted by Gasteiger charge is -2.24. The predicted octanol–water partition coefficient (Wildman–Crippen LogP) is 1.08. The first-order chi connectivity index (χ1) is 8.42. The SMILES string of the molecule is C1=C(c2ccco2)CN(Cc2nn[nH]n2)CC1. The van der Waals surface area contributed by atoms with Crippen molar-refractivity contribution in [1.29, 1.82) is 0 Å². The molecule has 0 saturated carbocycles. The van der Waals surface area contributed by atoms with E-state index in [4.69, 9.17) is 4.42 Å². The molecule has 0 atom stereocenters. The first-order valence-corrected chi connectivity index (χ1v) is 5.59. The molecular formula is C11H13N5O. The molecule has 3 heterocycles. The third-order valence-electron chi connectivity index (χ3n) is 2.82. The zero-order chi connectivity index (χ0) is 11.5. The number of furan rings is 1. The van der Waals surface area contributed by atoms with E-state index in [-0.39, 0.29) is 0 Å². The number of nitrogens with one attached hydrogen (secondary N) is 1. The minimum atomic E-state index is 0.717. The van der Waals surface area contributed by atoms with Crippen molar-refractivity contribution >= 4 is 5.57 Å². The topological polar surface area (TPSA) is 70.8 Å². The lowest BCUT2D eigenvalue weighted by Crippen LogP contribution is -2.29. The predicted molar refractivity (Wildman–Crippen MR) is 60.8 cm³/mol. The van der Waals surface area contributed by atoms with Gasteiger partial charge in [-0.25, -0.2) is 0 Å². The minimum Gasteiger partial charge on any atom is -0.465 e. The monoisotopic (exact) mass is 231 g/mol. The lowest BCUT2D eigenvalue weighted by atomic mass is 10.1. The second kappa shape index (κ2) is 4.50. The van der Waals surface area contributed by atoms with E-state index in [1.807, 2.05) is 12.1 Å². The van der Waals surface area contributed by atoms with E-state index >= 15 is 0 Å². The van der Waals surface area contributed by atoms with E-state index in [1.54, 1.807) is 6.26 Å². The molecule has 0 amide bonds. The normalized spacial score (nSPS) is 17.1. The van der Waals surface area contributed by atoms with Gasteiger partial charge in [0.25, 0.3) is 0 Å². The van der Waals surface area contributed by atoms with Crippen LogP contribution in [-0.4, -0.2) is 38.6 Å². The molecule has 2 aromatic rings. The molecule has 6 heteroatoms. The Hall–Kier alpha value is -1.95. The molecule has 1 N–H and O–H groups in total. The Balaban J connectivity index is 1.69. The van der Waals surface area contributed by atoms with Crippen molar-refractivity contribution in [2.45, 2.75) is 13.0 Å². The fourth-order valence-corrected chi connectivity index (χ4v) is 2.03. The van der Waals surface area contributed by atoms with Crippen LogP contribution in [0.3, 0.4) is 0 Å². The molecule has 17 heavy (non-hydrogen) atoms. The number of aromatic nitrogens is 4. The summed E-state index contributed by atoms with van der Waals surface area (Å²) in [7, 11) is 0. The molecule has 0 fully saturated rings. The quantitative estimate of drug-likeness (QED) is 0.856. The second-order valence-corrected chi connectivity index (χ2v) is 4.03. The first-order valence-electron chi connectivity index (χ1n) is 5.59. The van der Waals surface area contributed by atoms with Crippen molar-refractivity contribution in [3.63, 3.8) is 0 Å². The summed E-state index contributed by atoms with van der Waals surface area (Å²) in [5, 5.41) is 14.0. The van der Waals surface area contributed by atoms with Gasteiger partial charge in [-0.2, -0.15) is 5.21 Å². The van der Waals surface area contributed by atoms with Gasteiger partial charge in [0.05, 0.1) is 12.8 Å². The Morgan fingerprint density at radius 3 is 3.24 bits per heavy atom. The third-order valence-corrected chi connectivity index (χ3v) is 2.82. The summed E-state index contributed by atoms with van der Waals surface area (Å²) in [4.78, 5) is 2.28. The van der Waals surface area contributed by atoms with Crippen LogP contribution in [0.25, 0.3) is 5.57 Å². The van der Waals surface area contributed by atoms with Crippen molar-refractivity contribution in [3.05, 3.63) is 36.1 Å². The Labute approximate surface area is 98.3 Å². The molecule has 2 aromatic heterocycles. The molecule has 0 saturated heterocycles. The fraction of sp³-hybridized carbons (Fsp3) is 0.364. The highest BCUT2D eigenvalue weighted by molar-refractivity contribution is 5.63. The molecule has 0 bridgehead atoms. The second-order valence-electron chi connectivity index (χ2n) is 4.03. The third kappa shape index (κ3) is 2.26. The maximum atomic E-state index is 5.41. The summed E-state index contributed by atoms with van der Waals surface area (Å²) in [6.45, 7) is 2.59. The molecule has 0 aliphatic carbocycles. The molecule has 3 rings (SSSR count). The number of tetrazole rings is 1. The van der Waals surface area contributed by atoms with Gasteiger partial charge in [0.2, 0.25) is 0 Å². The molecule has 0 unspecified atom stereocenters. The molecular weight excluding hydrogens is 218 g/mol. The number of hydrogen-bond acceptors (Lipinski definition) is 5. The summed E-state index contributed by atoms with van der Waals surface area (Å²) in [5.41, 5.74) is 1.23. The van der Waals surface area contributed by atoms with E-state index in [1.165, 1.54) is 5.57 Å². The summed E-state index contributed by atoms with van der Waals surface area (Å²) < 4.78 is 5.41. The molecule has 88 valence electrons. The van der Waals surface area contributed by atoms with Gasteiger partial charge < -0.3 is 4.42 Å². The lowest BCUT2D eigenvalue weighted by molar-refractivity contribution is 0.287. The van der Waals surface area contributed by atoms with Gasteiger partial charge in [-0.3, -0.25) is 4.90 Å². The molecule has 1 aliphatic rings. The van der Waals surface area contributed by atoms with Gasteiger partial charge in [0, 0.05) is 18.7 Å². The van der Waals surface area contributed by atoms with E-state index in [0.717, 1.165) is 31.1 Å². The Morgan fingerprint density at radius 1 is 1.47 bits per heavy atom. The molecule has 0 radical (unpaired) electrons. The molecule has 6 nitrogen and oxygen atoms in total. The summed E-state index contributed by atoms with van der Waals surface area (Å²) >= 11 is 0. The Bertz CT molecular complexity index is 488. The van der Waals surface area contributed by atoms with Crippen molar-refractivity contribution in [3.8, 4) is 0 Å².